The van der Waals surface area contributed by atoms with Crippen molar-refractivity contribution >= 4 is 0 Å². The predicted octanol–water partition coefficient (Wildman–Crippen LogP) is 4.40. The average Bonchev–Trinajstić information content (AvgIpc) is 3.50. The van der Waals surface area contributed by atoms with E-state index in [0.29, 0.717) is 18.4 Å². The van der Waals surface area contributed by atoms with E-state index in [2.05, 4.69) is 50.9 Å². The van der Waals surface area contributed by atoms with Crippen LogP contribution in [0, 0.1) is 0 Å². The average molecular weight is 444 g/mol. The van der Waals surface area contributed by atoms with Gasteiger partial charge in [-0.05, 0) is 42.2 Å². The Morgan fingerprint density at radius 3 is 2.64 bits per heavy atom. The summed E-state index contributed by atoms with van der Waals surface area (Å²) in [6.45, 7) is 2.74. The SMILES string of the molecule is CCCc1cn(C2CCCCC2)c(=O)n1Cc1ccc(-c2ncccc2-c2nn[nH]n2)cc1. The van der Waals surface area contributed by atoms with Crippen molar-refractivity contribution in [2.45, 2.75) is 64.5 Å². The summed E-state index contributed by atoms with van der Waals surface area (Å²) in [6.07, 6.45) is 11.7. The Bertz CT molecular complexity index is 1250. The molecule has 1 aromatic carbocycles. The van der Waals surface area contributed by atoms with Crippen molar-refractivity contribution in [2.75, 3.05) is 0 Å². The minimum atomic E-state index is 0.124. The molecule has 0 aliphatic heterocycles. The molecule has 4 aromatic rings. The van der Waals surface area contributed by atoms with Gasteiger partial charge in [0, 0.05) is 35.3 Å². The number of hydrogen-bond donors (Lipinski definition) is 1. The Labute approximate surface area is 192 Å². The van der Waals surface area contributed by atoms with Crippen LogP contribution in [-0.2, 0) is 13.0 Å². The van der Waals surface area contributed by atoms with Gasteiger partial charge >= 0.3 is 5.69 Å². The van der Waals surface area contributed by atoms with E-state index in [-0.39, 0.29) is 5.69 Å². The Balaban J connectivity index is 1.42. The molecule has 0 unspecified atom stereocenters. The molecule has 5 rings (SSSR count). The molecule has 3 aromatic heterocycles. The van der Waals surface area contributed by atoms with Gasteiger partial charge in [0.1, 0.15) is 0 Å². The van der Waals surface area contributed by atoms with Crippen molar-refractivity contribution < 1.29 is 0 Å². The molecule has 1 aliphatic carbocycles. The Kier molecular flexibility index (Phi) is 6.15. The molecule has 0 bridgehead atoms. The lowest BCUT2D eigenvalue weighted by atomic mass is 9.95. The van der Waals surface area contributed by atoms with Crippen LogP contribution in [0.5, 0.6) is 0 Å². The van der Waals surface area contributed by atoms with Gasteiger partial charge in [-0.2, -0.15) is 5.21 Å². The van der Waals surface area contributed by atoms with Crippen molar-refractivity contribution in [3.05, 3.63) is 70.5 Å². The minimum Gasteiger partial charge on any atom is -0.296 e. The third kappa shape index (κ3) is 4.37. The maximum absolute atomic E-state index is 13.3. The summed E-state index contributed by atoms with van der Waals surface area (Å²) in [6, 6.07) is 12.4. The molecule has 33 heavy (non-hydrogen) atoms. The third-order valence-electron chi connectivity index (χ3n) is 6.52. The summed E-state index contributed by atoms with van der Waals surface area (Å²) < 4.78 is 3.96. The van der Waals surface area contributed by atoms with E-state index in [1.54, 1.807) is 6.20 Å². The van der Waals surface area contributed by atoms with Crippen LogP contribution >= 0.6 is 0 Å². The maximum Gasteiger partial charge on any atom is 0.328 e. The van der Waals surface area contributed by atoms with Crippen molar-refractivity contribution in [1.29, 1.82) is 0 Å². The zero-order valence-electron chi connectivity index (χ0n) is 18.9. The maximum atomic E-state index is 13.3. The first-order valence-electron chi connectivity index (χ1n) is 11.8. The lowest BCUT2D eigenvalue weighted by molar-refractivity contribution is 0.344. The summed E-state index contributed by atoms with van der Waals surface area (Å²) in [7, 11) is 0. The lowest BCUT2D eigenvalue weighted by Crippen LogP contribution is -2.29. The summed E-state index contributed by atoms with van der Waals surface area (Å²) in [5.74, 6) is 0.516. The number of H-pyrrole nitrogens is 1. The Morgan fingerprint density at radius 1 is 1.09 bits per heavy atom. The van der Waals surface area contributed by atoms with E-state index in [0.717, 1.165) is 53.8 Å². The Hall–Kier alpha value is -3.55. The van der Waals surface area contributed by atoms with Crippen molar-refractivity contribution in [3.8, 4) is 22.6 Å². The fraction of sp³-hybridized carbons (Fsp3) is 0.400. The largest absolute Gasteiger partial charge is 0.328 e. The number of pyridine rings is 1. The van der Waals surface area contributed by atoms with Gasteiger partial charge in [-0.1, -0.05) is 56.9 Å². The van der Waals surface area contributed by atoms with E-state index < -0.39 is 0 Å². The van der Waals surface area contributed by atoms with Crippen LogP contribution in [0.15, 0.2) is 53.6 Å². The van der Waals surface area contributed by atoms with Gasteiger partial charge in [-0.3, -0.25) is 14.1 Å². The first kappa shape index (κ1) is 21.3. The van der Waals surface area contributed by atoms with Gasteiger partial charge < -0.3 is 0 Å². The van der Waals surface area contributed by atoms with Gasteiger partial charge in [0.2, 0.25) is 5.82 Å². The van der Waals surface area contributed by atoms with Gasteiger partial charge in [0.25, 0.3) is 0 Å². The number of rotatable bonds is 7. The van der Waals surface area contributed by atoms with Crippen molar-refractivity contribution in [2.24, 2.45) is 0 Å². The van der Waals surface area contributed by atoms with Crippen molar-refractivity contribution in [3.63, 3.8) is 0 Å². The normalized spacial score (nSPS) is 14.6. The fourth-order valence-electron chi connectivity index (χ4n) is 4.84. The van der Waals surface area contributed by atoms with Crippen molar-refractivity contribution in [1.82, 2.24) is 34.7 Å². The van der Waals surface area contributed by atoms with E-state index in [4.69, 9.17) is 0 Å². The van der Waals surface area contributed by atoms with Crippen LogP contribution in [-0.4, -0.2) is 34.7 Å². The molecular weight excluding hydrogens is 414 g/mol. The molecule has 1 fully saturated rings. The molecule has 0 spiro atoms. The summed E-state index contributed by atoms with van der Waals surface area (Å²) in [5.41, 5.74) is 4.94. The molecule has 170 valence electrons. The highest BCUT2D eigenvalue weighted by atomic mass is 16.1. The van der Waals surface area contributed by atoms with Gasteiger partial charge in [0.15, 0.2) is 0 Å². The highest BCUT2D eigenvalue weighted by Crippen LogP contribution is 2.29. The quantitative estimate of drug-likeness (QED) is 0.457. The number of nitrogens with zero attached hydrogens (tertiary/aromatic N) is 6. The number of tetrazole rings is 1. The monoisotopic (exact) mass is 443 g/mol. The molecule has 1 saturated carbocycles. The predicted molar refractivity (Wildman–Crippen MR) is 127 cm³/mol. The molecule has 0 amide bonds. The molecule has 0 saturated heterocycles. The zero-order valence-corrected chi connectivity index (χ0v) is 18.9. The minimum absolute atomic E-state index is 0.124. The standard InChI is InChI=1S/C25H29N7O/c1-2-7-21-17-32(20-8-4-3-5-9-20)25(33)31(21)16-18-11-13-19(14-12-18)23-22(10-6-15-26-23)24-27-29-30-28-24/h6,10-15,17,20H,2-5,7-9,16H2,1H3,(H,27,28,29,30). The number of aryl methyl sites for hydroxylation is 1. The second-order valence-electron chi connectivity index (χ2n) is 8.77. The Morgan fingerprint density at radius 2 is 1.91 bits per heavy atom. The number of aromatic nitrogens is 7. The second kappa shape index (κ2) is 9.52. The van der Waals surface area contributed by atoms with Gasteiger partial charge in [-0.25, -0.2) is 4.79 Å². The third-order valence-corrected chi connectivity index (χ3v) is 6.52. The van der Waals surface area contributed by atoms with E-state index >= 15 is 0 Å². The lowest BCUT2D eigenvalue weighted by Gasteiger charge is -2.22. The molecule has 0 atom stereocenters. The summed E-state index contributed by atoms with van der Waals surface area (Å²) in [5, 5.41) is 14.4. The molecule has 8 heteroatoms. The summed E-state index contributed by atoms with van der Waals surface area (Å²) in [4.78, 5) is 17.9. The highest BCUT2D eigenvalue weighted by molar-refractivity contribution is 5.76. The topological polar surface area (TPSA) is 94.3 Å². The molecule has 1 N–H and O–H groups in total. The molecular formula is C25H29N7O. The molecule has 8 nitrogen and oxygen atoms in total. The van der Waals surface area contributed by atoms with Crippen LogP contribution in [0.25, 0.3) is 22.6 Å². The van der Waals surface area contributed by atoms with Gasteiger partial charge in [-0.15, -0.1) is 10.2 Å². The van der Waals surface area contributed by atoms with Crippen LogP contribution in [0.4, 0.5) is 0 Å². The fourth-order valence-corrected chi connectivity index (χ4v) is 4.84. The van der Waals surface area contributed by atoms with Crippen LogP contribution in [0.1, 0.15) is 62.7 Å². The number of aromatic amines is 1. The van der Waals surface area contributed by atoms with E-state index in [1.165, 1.54) is 19.3 Å². The molecule has 0 radical (unpaired) electrons. The van der Waals surface area contributed by atoms with Crippen LogP contribution in [0.3, 0.4) is 0 Å². The van der Waals surface area contributed by atoms with E-state index in [1.807, 2.05) is 33.4 Å². The van der Waals surface area contributed by atoms with Gasteiger partial charge in [0.05, 0.1) is 12.2 Å². The zero-order chi connectivity index (χ0) is 22.6. The first-order valence-corrected chi connectivity index (χ1v) is 11.8. The molecule has 3 heterocycles. The first-order chi connectivity index (χ1) is 16.2. The van der Waals surface area contributed by atoms with Crippen LogP contribution in [0.2, 0.25) is 0 Å². The number of benzene rings is 1. The second-order valence-corrected chi connectivity index (χ2v) is 8.77. The number of hydrogen-bond acceptors (Lipinski definition) is 5. The highest BCUT2D eigenvalue weighted by Gasteiger charge is 2.20. The number of nitrogens with one attached hydrogen (secondary N) is 1. The smallest absolute Gasteiger partial charge is 0.296 e. The molecule has 1 aliphatic rings. The van der Waals surface area contributed by atoms with Crippen LogP contribution < -0.4 is 5.69 Å². The summed E-state index contributed by atoms with van der Waals surface area (Å²) >= 11 is 0. The number of imidazole rings is 1. The van der Waals surface area contributed by atoms with E-state index in [9.17, 15) is 4.79 Å².